The van der Waals surface area contributed by atoms with Gasteiger partial charge < -0.3 is 8.98 Å². The van der Waals surface area contributed by atoms with Crippen molar-refractivity contribution in [3.8, 4) is 27.9 Å². The minimum Gasteiger partial charge on any atom is -0.456 e. The Balaban J connectivity index is 1.30. The third-order valence-corrected chi connectivity index (χ3v) is 9.26. The molecule has 9 rings (SSSR count). The van der Waals surface area contributed by atoms with Crippen LogP contribution in [0.25, 0.3) is 71.7 Å². The molecule has 8 aromatic rings. The number of aromatic nitrogens is 2. The minimum absolute atomic E-state index is 0.00601. The number of para-hydroxylation sites is 1. The highest BCUT2D eigenvalue weighted by Gasteiger charge is 2.38. The summed E-state index contributed by atoms with van der Waals surface area (Å²) in [4.78, 5) is 17.7. The number of benzene rings is 5. The first-order valence-corrected chi connectivity index (χ1v) is 14.6. The second-order valence-corrected chi connectivity index (χ2v) is 12.0. The Hall–Kier alpha value is -5.48. The van der Waals surface area contributed by atoms with Gasteiger partial charge >= 0.3 is 0 Å². The first-order chi connectivity index (χ1) is 21.0. The van der Waals surface area contributed by atoms with Gasteiger partial charge in [-0.1, -0.05) is 80.6 Å². The van der Waals surface area contributed by atoms with E-state index in [1.165, 1.54) is 33.2 Å². The Labute approximate surface area is 247 Å². The maximum absolute atomic E-state index is 13.2. The molecule has 0 saturated heterocycles. The highest BCUT2D eigenvalue weighted by molar-refractivity contribution is 6.13. The molecule has 0 atom stereocenters. The van der Waals surface area contributed by atoms with E-state index in [9.17, 15) is 4.79 Å². The summed E-state index contributed by atoms with van der Waals surface area (Å²) in [6, 6.07) is 37.3. The SMILES string of the molecule is CC1(C)c2ccccc2-c2ccc3c4cnccc4n(-c4cccc(-c5ccc6c(=O)c7ccccc7oc6c5)c4)c3c21. The van der Waals surface area contributed by atoms with Crippen molar-refractivity contribution >= 4 is 43.7 Å². The summed E-state index contributed by atoms with van der Waals surface area (Å²) in [7, 11) is 0. The second kappa shape index (κ2) is 8.52. The fraction of sp³-hybridized carbons (Fsp3) is 0.0769. The zero-order chi connectivity index (χ0) is 28.9. The van der Waals surface area contributed by atoms with Gasteiger partial charge in [0.05, 0.1) is 21.8 Å². The molecular formula is C39H26N2O2. The van der Waals surface area contributed by atoms with Crippen LogP contribution < -0.4 is 5.43 Å². The van der Waals surface area contributed by atoms with E-state index in [4.69, 9.17) is 4.42 Å². The molecule has 1 aliphatic carbocycles. The Kier molecular flexibility index (Phi) is 4.79. The number of hydrogen-bond donors (Lipinski definition) is 0. The predicted molar refractivity (Wildman–Crippen MR) is 175 cm³/mol. The molecule has 5 aromatic carbocycles. The van der Waals surface area contributed by atoms with Crippen LogP contribution in [-0.4, -0.2) is 9.55 Å². The molecule has 0 N–H and O–H groups in total. The molecule has 204 valence electrons. The van der Waals surface area contributed by atoms with Gasteiger partial charge in [-0.25, -0.2) is 0 Å². The van der Waals surface area contributed by atoms with E-state index in [2.05, 4.69) is 90.1 Å². The van der Waals surface area contributed by atoms with Crippen LogP contribution in [0.1, 0.15) is 25.0 Å². The normalized spacial score (nSPS) is 13.6. The summed E-state index contributed by atoms with van der Waals surface area (Å²) in [6.45, 7) is 4.67. The smallest absolute Gasteiger partial charge is 0.200 e. The Morgan fingerprint density at radius 1 is 0.674 bits per heavy atom. The van der Waals surface area contributed by atoms with Crippen molar-refractivity contribution in [1.29, 1.82) is 0 Å². The van der Waals surface area contributed by atoms with Gasteiger partial charge in [-0.15, -0.1) is 0 Å². The Morgan fingerprint density at radius 3 is 2.40 bits per heavy atom. The van der Waals surface area contributed by atoms with Crippen LogP contribution in [0.3, 0.4) is 0 Å². The van der Waals surface area contributed by atoms with Crippen LogP contribution in [0.2, 0.25) is 0 Å². The average molecular weight is 555 g/mol. The third-order valence-electron chi connectivity index (χ3n) is 9.26. The van der Waals surface area contributed by atoms with Gasteiger partial charge in [0.15, 0.2) is 0 Å². The summed E-state index contributed by atoms with van der Waals surface area (Å²) >= 11 is 0. The van der Waals surface area contributed by atoms with Gasteiger partial charge in [0.1, 0.15) is 11.2 Å². The standard InChI is InChI=1S/C39H26N2O2/c1-39(2)32-12-5-3-10-26(32)27-16-17-28-31-22-40-19-18-33(31)41(37(28)36(27)39)25-9-7-8-23(20-25)24-14-15-30-35(21-24)43-34-13-6-4-11-29(34)38(30)42/h3-22H,1-2H3. The summed E-state index contributed by atoms with van der Waals surface area (Å²) in [5, 5.41) is 3.53. The van der Waals surface area contributed by atoms with Crippen molar-refractivity contribution in [2.75, 3.05) is 0 Å². The molecule has 1 aliphatic rings. The van der Waals surface area contributed by atoms with E-state index in [0.717, 1.165) is 27.7 Å². The van der Waals surface area contributed by atoms with Crippen molar-refractivity contribution in [2.24, 2.45) is 0 Å². The number of hydrogen-bond acceptors (Lipinski definition) is 3. The molecule has 0 amide bonds. The molecule has 0 bridgehead atoms. The minimum atomic E-state index is -0.165. The van der Waals surface area contributed by atoms with Crippen molar-refractivity contribution < 1.29 is 4.42 Å². The van der Waals surface area contributed by atoms with Gasteiger partial charge in [0, 0.05) is 34.3 Å². The fourth-order valence-electron chi connectivity index (χ4n) is 7.28. The van der Waals surface area contributed by atoms with Gasteiger partial charge in [0.2, 0.25) is 5.43 Å². The molecule has 3 heterocycles. The van der Waals surface area contributed by atoms with Crippen molar-refractivity contribution in [2.45, 2.75) is 19.3 Å². The van der Waals surface area contributed by atoms with E-state index >= 15 is 0 Å². The van der Waals surface area contributed by atoms with Crippen LogP contribution in [-0.2, 0) is 5.41 Å². The molecule has 4 nitrogen and oxygen atoms in total. The quantitative estimate of drug-likeness (QED) is 0.200. The summed E-state index contributed by atoms with van der Waals surface area (Å²) in [5.41, 5.74) is 11.8. The molecule has 0 radical (unpaired) electrons. The lowest BCUT2D eigenvalue weighted by Gasteiger charge is -2.23. The first-order valence-electron chi connectivity index (χ1n) is 14.6. The summed E-state index contributed by atoms with van der Waals surface area (Å²) < 4.78 is 8.60. The average Bonchev–Trinajstić information content (AvgIpc) is 3.50. The lowest BCUT2D eigenvalue weighted by molar-refractivity contribution is 0.660. The second-order valence-electron chi connectivity index (χ2n) is 12.0. The van der Waals surface area contributed by atoms with Gasteiger partial charge in [-0.3, -0.25) is 9.78 Å². The van der Waals surface area contributed by atoms with E-state index in [1.807, 2.05) is 54.9 Å². The van der Waals surface area contributed by atoms with E-state index in [-0.39, 0.29) is 10.8 Å². The van der Waals surface area contributed by atoms with E-state index in [0.29, 0.717) is 21.9 Å². The first kappa shape index (κ1) is 24.2. The summed E-state index contributed by atoms with van der Waals surface area (Å²) in [5.74, 6) is 0. The zero-order valence-electron chi connectivity index (χ0n) is 23.8. The highest BCUT2D eigenvalue weighted by Crippen LogP contribution is 2.52. The molecule has 3 aromatic heterocycles. The lowest BCUT2D eigenvalue weighted by atomic mass is 9.81. The monoisotopic (exact) mass is 554 g/mol. The van der Waals surface area contributed by atoms with Crippen LogP contribution >= 0.6 is 0 Å². The molecule has 0 fully saturated rings. The van der Waals surface area contributed by atoms with Crippen LogP contribution in [0.15, 0.2) is 131 Å². The maximum Gasteiger partial charge on any atom is 0.200 e. The number of pyridine rings is 1. The predicted octanol–water partition coefficient (Wildman–Crippen LogP) is 9.41. The number of nitrogens with zero attached hydrogens (tertiary/aromatic N) is 2. The summed E-state index contributed by atoms with van der Waals surface area (Å²) in [6.07, 6.45) is 3.85. The number of rotatable bonds is 2. The van der Waals surface area contributed by atoms with Crippen molar-refractivity contribution in [1.82, 2.24) is 9.55 Å². The largest absolute Gasteiger partial charge is 0.456 e. The Morgan fingerprint density at radius 2 is 1.47 bits per heavy atom. The van der Waals surface area contributed by atoms with Gasteiger partial charge in [-0.2, -0.15) is 0 Å². The molecular weight excluding hydrogens is 528 g/mol. The van der Waals surface area contributed by atoms with Crippen molar-refractivity contribution in [3.63, 3.8) is 0 Å². The van der Waals surface area contributed by atoms with Crippen LogP contribution in [0.4, 0.5) is 0 Å². The van der Waals surface area contributed by atoms with Gasteiger partial charge in [0.25, 0.3) is 0 Å². The Bertz CT molecular complexity index is 2510. The number of fused-ring (bicyclic) bond motifs is 9. The molecule has 0 aliphatic heterocycles. The molecule has 4 heteroatoms. The molecule has 0 unspecified atom stereocenters. The molecule has 43 heavy (non-hydrogen) atoms. The third kappa shape index (κ3) is 3.26. The van der Waals surface area contributed by atoms with Crippen LogP contribution in [0.5, 0.6) is 0 Å². The van der Waals surface area contributed by atoms with E-state index < -0.39 is 0 Å². The fourth-order valence-corrected chi connectivity index (χ4v) is 7.28. The van der Waals surface area contributed by atoms with Crippen LogP contribution in [0, 0.1) is 0 Å². The highest BCUT2D eigenvalue weighted by atomic mass is 16.3. The van der Waals surface area contributed by atoms with Crippen molar-refractivity contribution in [3.05, 3.63) is 143 Å². The molecule has 0 spiro atoms. The van der Waals surface area contributed by atoms with Gasteiger partial charge in [-0.05, 0) is 75.8 Å². The topological polar surface area (TPSA) is 48.0 Å². The lowest BCUT2D eigenvalue weighted by Crippen LogP contribution is -2.16. The maximum atomic E-state index is 13.2. The van der Waals surface area contributed by atoms with E-state index in [1.54, 1.807) is 0 Å². The zero-order valence-corrected chi connectivity index (χ0v) is 23.8. The molecule has 0 saturated carbocycles.